The lowest BCUT2D eigenvalue weighted by Crippen LogP contribution is -2.36. The van der Waals surface area contributed by atoms with Gasteiger partial charge in [0, 0.05) is 46.7 Å². The Morgan fingerprint density at radius 1 is 1.03 bits per heavy atom. The first-order valence-corrected chi connectivity index (χ1v) is 11.7. The molecule has 1 aliphatic rings. The highest BCUT2D eigenvalue weighted by Crippen LogP contribution is 2.30. The minimum Gasteiger partial charge on any atom is -0.378 e. The second-order valence-corrected chi connectivity index (χ2v) is 8.20. The fraction of sp³-hybridized carbons (Fsp3) is 0.320. The lowest BCUT2D eigenvalue weighted by Gasteiger charge is -2.28. The molecule has 1 N–H and O–H groups in total. The Morgan fingerprint density at radius 3 is 2.31 bits per heavy atom. The van der Waals surface area contributed by atoms with E-state index < -0.39 is 0 Å². The average Bonchev–Trinajstić information content (AvgIpc) is 2.84. The Kier molecular flexibility index (Phi) is 8.64. The summed E-state index contributed by atoms with van der Waals surface area (Å²) in [6, 6.07) is 15.9. The highest BCUT2D eigenvalue weighted by atomic mass is 32.2. The Balaban J connectivity index is 0.00000141. The smallest absolute Gasteiger partial charge is 0.228 e. The van der Waals surface area contributed by atoms with E-state index in [1.807, 2.05) is 63.4 Å². The summed E-state index contributed by atoms with van der Waals surface area (Å²) in [6.45, 7) is 10.9. The quantitative estimate of drug-likeness (QED) is 0.379. The molecule has 0 bridgehead atoms. The van der Waals surface area contributed by atoms with Gasteiger partial charge in [-0.3, -0.25) is 4.79 Å². The van der Waals surface area contributed by atoms with Gasteiger partial charge in [-0.05, 0) is 50.2 Å². The van der Waals surface area contributed by atoms with Gasteiger partial charge in [-0.15, -0.1) is 0 Å². The first-order chi connectivity index (χ1) is 15.6. The zero-order valence-electron chi connectivity index (χ0n) is 19.1. The summed E-state index contributed by atoms with van der Waals surface area (Å²) in [5, 5.41) is 4.17. The van der Waals surface area contributed by atoms with Crippen LogP contribution in [0.1, 0.15) is 36.7 Å². The normalized spacial score (nSPS) is 13.2. The molecule has 1 saturated heterocycles. The first-order valence-electron chi connectivity index (χ1n) is 10.9. The lowest BCUT2D eigenvalue weighted by atomic mass is 10.2. The number of morpholine rings is 1. The van der Waals surface area contributed by atoms with Gasteiger partial charge in [0.1, 0.15) is 5.03 Å². The van der Waals surface area contributed by atoms with Crippen molar-refractivity contribution >= 4 is 34.9 Å². The van der Waals surface area contributed by atoms with E-state index in [1.165, 1.54) is 5.69 Å². The van der Waals surface area contributed by atoms with E-state index in [2.05, 4.69) is 32.3 Å². The molecule has 7 heteroatoms. The van der Waals surface area contributed by atoms with Crippen LogP contribution in [0.2, 0.25) is 0 Å². The molecule has 1 aromatic heterocycles. The molecule has 168 valence electrons. The van der Waals surface area contributed by atoms with Crippen LogP contribution in [0.4, 0.5) is 17.3 Å². The monoisotopic (exact) mass is 450 g/mol. The number of nitrogens with zero attached hydrogens (tertiary/aromatic N) is 3. The van der Waals surface area contributed by atoms with Gasteiger partial charge in [-0.1, -0.05) is 37.7 Å². The number of Topliss-reactive ketones (excluding diaryl/α,β-unsaturated/α-hetero) is 1. The molecule has 1 fully saturated rings. The highest BCUT2D eigenvalue weighted by molar-refractivity contribution is 7.99. The molecule has 2 heterocycles. The third kappa shape index (κ3) is 6.31. The van der Waals surface area contributed by atoms with Crippen molar-refractivity contribution in [3.63, 3.8) is 0 Å². The van der Waals surface area contributed by atoms with E-state index in [0.717, 1.165) is 47.5 Å². The van der Waals surface area contributed by atoms with Crippen molar-refractivity contribution in [2.45, 2.75) is 37.6 Å². The minimum absolute atomic E-state index is 0.0656. The van der Waals surface area contributed by atoms with Gasteiger partial charge in [0.05, 0.1) is 13.2 Å². The van der Waals surface area contributed by atoms with Gasteiger partial charge >= 0.3 is 0 Å². The lowest BCUT2D eigenvalue weighted by molar-refractivity contribution is 0.101. The average molecular weight is 451 g/mol. The number of aryl methyl sites for hydroxylation is 1. The number of anilines is 3. The van der Waals surface area contributed by atoms with Crippen molar-refractivity contribution in [2.24, 2.45) is 0 Å². The second kappa shape index (κ2) is 11.6. The predicted molar refractivity (Wildman–Crippen MR) is 131 cm³/mol. The Labute approximate surface area is 194 Å². The van der Waals surface area contributed by atoms with E-state index in [4.69, 9.17) is 4.74 Å². The standard InChI is InChI=1S/C23H24N4O2S.C2H6/c1-16-15-24-23(26-22(16)30-21-9-3-18(4-10-21)17(2)28)25-19-5-7-20(8-6-19)27-11-13-29-14-12-27;1-2/h3-10,15H,11-14H2,1-2H3,(H,24,25,26);1-2H3. The summed E-state index contributed by atoms with van der Waals surface area (Å²) in [6.07, 6.45) is 1.82. The zero-order chi connectivity index (χ0) is 22.9. The van der Waals surface area contributed by atoms with E-state index in [0.29, 0.717) is 11.5 Å². The Bertz CT molecular complexity index is 1020. The molecule has 2 aromatic carbocycles. The van der Waals surface area contributed by atoms with E-state index in [9.17, 15) is 4.79 Å². The number of aromatic nitrogens is 2. The zero-order valence-corrected chi connectivity index (χ0v) is 19.9. The van der Waals surface area contributed by atoms with Gasteiger partial charge in [0.15, 0.2) is 5.78 Å². The number of rotatable bonds is 6. The first kappa shape index (κ1) is 23.8. The van der Waals surface area contributed by atoms with Crippen molar-refractivity contribution in [3.8, 4) is 0 Å². The SMILES string of the molecule is CC.CC(=O)c1ccc(Sc2nc(Nc3ccc(N4CCOCC4)cc3)ncc2C)cc1. The third-order valence-electron chi connectivity index (χ3n) is 4.90. The molecule has 0 unspecified atom stereocenters. The molecule has 0 spiro atoms. The van der Waals surface area contributed by atoms with Crippen LogP contribution >= 0.6 is 11.8 Å². The number of carbonyl (C=O) groups is 1. The predicted octanol–water partition coefficient (Wildman–Crippen LogP) is 5.75. The van der Waals surface area contributed by atoms with Crippen molar-refractivity contribution in [1.29, 1.82) is 0 Å². The highest BCUT2D eigenvalue weighted by Gasteiger charge is 2.11. The molecule has 1 aliphatic heterocycles. The van der Waals surface area contributed by atoms with Gasteiger partial charge in [0.25, 0.3) is 0 Å². The van der Waals surface area contributed by atoms with Crippen LogP contribution < -0.4 is 10.2 Å². The summed E-state index contributed by atoms with van der Waals surface area (Å²) in [5.41, 5.74) is 3.85. The molecule has 0 atom stereocenters. The topological polar surface area (TPSA) is 67.4 Å². The number of hydrogen-bond donors (Lipinski definition) is 1. The maximum atomic E-state index is 11.5. The summed E-state index contributed by atoms with van der Waals surface area (Å²) in [7, 11) is 0. The second-order valence-electron chi connectivity index (χ2n) is 7.14. The molecule has 3 aromatic rings. The molecule has 0 radical (unpaired) electrons. The number of carbonyl (C=O) groups excluding carboxylic acids is 1. The van der Waals surface area contributed by atoms with Gasteiger partial charge in [-0.25, -0.2) is 9.97 Å². The van der Waals surface area contributed by atoms with E-state index in [-0.39, 0.29) is 5.78 Å². The van der Waals surface area contributed by atoms with Gasteiger partial charge in [-0.2, -0.15) is 0 Å². The van der Waals surface area contributed by atoms with Crippen LogP contribution in [-0.2, 0) is 4.74 Å². The number of hydrogen-bond acceptors (Lipinski definition) is 7. The van der Waals surface area contributed by atoms with Gasteiger partial charge < -0.3 is 15.0 Å². The maximum absolute atomic E-state index is 11.5. The van der Waals surface area contributed by atoms with Crippen LogP contribution in [0.15, 0.2) is 64.6 Å². The molecule has 32 heavy (non-hydrogen) atoms. The van der Waals surface area contributed by atoms with Crippen molar-refractivity contribution < 1.29 is 9.53 Å². The maximum Gasteiger partial charge on any atom is 0.228 e. The van der Waals surface area contributed by atoms with Gasteiger partial charge in [0.2, 0.25) is 5.95 Å². The van der Waals surface area contributed by atoms with Crippen LogP contribution in [0.25, 0.3) is 0 Å². The number of benzene rings is 2. The molecule has 0 saturated carbocycles. The van der Waals surface area contributed by atoms with Crippen LogP contribution in [0.3, 0.4) is 0 Å². The molecular formula is C25H30N4O2S. The summed E-state index contributed by atoms with van der Waals surface area (Å²) in [5.74, 6) is 0.624. The van der Waals surface area contributed by atoms with E-state index >= 15 is 0 Å². The van der Waals surface area contributed by atoms with Crippen LogP contribution in [0, 0.1) is 6.92 Å². The van der Waals surface area contributed by atoms with Crippen LogP contribution in [0.5, 0.6) is 0 Å². The molecule has 0 amide bonds. The summed E-state index contributed by atoms with van der Waals surface area (Å²) < 4.78 is 5.42. The number of ether oxygens (including phenoxy) is 1. The van der Waals surface area contributed by atoms with Crippen molar-refractivity contribution in [2.75, 3.05) is 36.5 Å². The molecule has 0 aliphatic carbocycles. The Morgan fingerprint density at radius 2 is 1.69 bits per heavy atom. The van der Waals surface area contributed by atoms with E-state index in [1.54, 1.807) is 18.7 Å². The molecular weight excluding hydrogens is 420 g/mol. The molecule has 6 nitrogen and oxygen atoms in total. The number of nitrogens with one attached hydrogen (secondary N) is 1. The largest absolute Gasteiger partial charge is 0.378 e. The van der Waals surface area contributed by atoms with Crippen molar-refractivity contribution in [1.82, 2.24) is 9.97 Å². The molecule has 4 rings (SSSR count). The number of ketones is 1. The minimum atomic E-state index is 0.0656. The third-order valence-corrected chi connectivity index (χ3v) is 6.01. The van der Waals surface area contributed by atoms with Crippen LogP contribution in [-0.4, -0.2) is 42.1 Å². The summed E-state index contributed by atoms with van der Waals surface area (Å²) in [4.78, 5) is 23.9. The van der Waals surface area contributed by atoms with Crippen molar-refractivity contribution in [3.05, 3.63) is 65.9 Å². The fourth-order valence-electron chi connectivity index (χ4n) is 3.17. The summed E-state index contributed by atoms with van der Waals surface area (Å²) >= 11 is 1.56. The fourth-order valence-corrected chi connectivity index (χ4v) is 4.01. The Hall–Kier alpha value is -2.90.